The van der Waals surface area contributed by atoms with Crippen molar-refractivity contribution >= 4 is 11.6 Å². The molecule has 0 radical (unpaired) electrons. The third-order valence-corrected chi connectivity index (χ3v) is 3.63. The van der Waals surface area contributed by atoms with Crippen LogP contribution in [-0.4, -0.2) is 17.9 Å². The van der Waals surface area contributed by atoms with Gasteiger partial charge in [-0.2, -0.15) is 13.2 Å². The number of halogens is 4. The summed E-state index contributed by atoms with van der Waals surface area (Å²) in [5.41, 5.74) is -0.672. The van der Waals surface area contributed by atoms with Gasteiger partial charge in [0.05, 0.1) is 10.5 Å². The number of aliphatic imine (C=N–C) groups is 1. The first kappa shape index (κ1) is 20.1. The van der Waals surface area contributed by atoms with Gasteiger partial charge in [-0.25, -0.2) is 4.39 Å². The zero-order valence-electron chi connectivity index (χ0n) is 14.2. The van der Waals surface area contributed by atoms with Gasteiger partial charge in [-0.15, -0.1) is 0 Å². The Morgan fingerprint density at radius 2 is 1.85 bits per heavy atom. The summed E-state index contributed by atoms with van der Waals surface area (Å²) in [6.45, 7) is -0.0549. The van der Waals surface area contributed by atoms with Crippen LogP contribution in [0.5, 0.6) is 0 Å². The van der Waals surface area contributed by atoms with Gasteiger partial charge < -0.3 is 10.6 Å². The average Bonchev–Trinajstić information content (AvgIpc) is 2.62. The summed E-state index contributed by atoms with van der Waals surface area (Å²) < 4.78 is 52.2. The van der Waals surface area contributed by atoms with E-state index >= 15 is 0 Å². The Morgan fingerprint density at radius 1 is 1.15 bits per heavy atom. The Morgan fingerprint density at radius 3 is 2.48 bits per heavy atom. The lowest BCUT2D eigenvalue weighted by atomic mass is 10.1. The summed E-state index contributed by atoms with van der Waals surface area (Å²) in [5.74, 6) is -0.779. The molecule has 144 valence electrons. The molecule has 2 N–H and O–H groups in total. The maximum absolute atomic E-state index is 13.1. The molecular formula is C17H16F4N4O2. The van der Waals surface area contributed by atoms with Crippen molar-refractivity contribution in [1.82, 2.24) is 10.6 Å². The zero-order valence-corrected chi connectivity index (χ0v) is 14.2. The molecule has 0 saturated heterocycles. The average molecular weight is 384 g/mol. The summed E-state index contributed by atoms with van der Waals surface area (Å²) in [5, 5.41) is 16.3. The Hall–Kier alpha value is -3.17. The number of hydrogen-bond donors (Lipinski definition) is 2. The SMILES string of the molecule is CN=C(NCc1cccc([N+](=O)[O-])c1)NCc1ccc(F)cc1C(F)(F)F. The van der Waals surface area contributed by atoms with E-state index in [0.717, 1.165) is 12.1 Å². The van der Waals surface area contributed by atoms with Gasteiger partial charge in [0, 0.05) is 32.3 Å². The van der Waals surface area contributed by atoms with Gasteiger partial charge in [0.15, 0.2) is 5.96 Å². The van der Waals surface area contributed by atoms with Crippen molar-refractivity contribution in [2.24, 2.45) is 4.99 Å². The molecule has 0 atom stereocenters. The molecule has 2 rings (SSSR count). The second-order valence-electron chi connectivity index (χ2n) is 5.51. The van der Waals surface area contributed by atoms with Crippen LogP contribution in [-0.2, 0) is 19.3 Å². The summed E-state index contributed by atoms with van der Waals surface area (Å²) >= 11 is 0. The van der Waals surface area contributed by atoms with E-state index in [2.05, 4.69) is 15.6 Å². The standard InChI is InChI=1S/C17H16F4N4O2/c1-22-16(23-9-11-3-2-4-14(7-11)25(26)27)24-10-12-5-6-13(18)8-15(12)17(19,20)21/h2-8H,9-10H2,1H3,(H2,22,23,24). The van der Waals surface area contributed by atoms with Crippen LogP contribution in [0.2, 0.25) is 0 Å². The molecule has 0 heterocycles. The molecule has 6 nitrogen and oxygen atoms in total. The van der Waals surface area contributed by atoms with E-state index < -0.39 is 22.5 Å². The quantitative estimate of drug-likeness (QED) is 0.271. The molecule has 0 aromatic heterocycles. The second kappa shape index (κ2) is 8.47. The molecule has 0 spiro atoms. The fraction of sp³-hybridized carbons (Fsp3) is 0.235. The van der Waals surface area contributed by atoms with E-state index in [1.165, 1.54) is 25.2 Å². The maximum atomic E-state index is 13.1. The monoisotopic (exact) mass is 384 g/mol. The molecule has 10 heteroatoms. The van der Waals surface area contributed by atoms with Crippen molar-refractivity contribution in [3.8, 4) is 0 Å². The highest BCUT2D eigenvalue weighted by Gasteiger charge is 2.33. The minimum atomic E-state index is -4.68. The molecule has 27 heavy (non-hydrogen) atoms. The van der Waals surface area contributed by atoms with Crippen molar-refractivity contribution in [3.63, 3.8) is 0 Å². The van der Waals surface area contributed by atoms with Crippen LogP contribution >= 0.6 is 0 Å². The molecular weight excluding hydrogens is 368 g/mol. The van der Waals surface area contributed by atoms with Gasteiger partial charge in [-0.05, 0) is 23.3 Å². The van der Waals surface area contributed by atoms with Crippen molar-refractivity contribution in [2.75, 3.05) is 7.05 Å². The molecule has 2 aromatic rings. The maximum Gasteiger partial charge on any atom is 0.416 e. The van der Waals surface area contributed by atoms with Gasteiger partial charge in [0.25, 0.3) is 5.69 Å². The summed E-state index contributed by atoms with van der Waals surface area (Å²) in [6.07, 6.45) is -4.68. The number of guanidine groups is 1. The summed E-state index contributed by atoms with van der Waals surface area (Å²) in [6, 6.07) is 8.36. The van der Waals surface area contributed by atoms with Gasteiger partial charge in [-0.3, -0.25) is 15.1 Å². The van der Waals surface area contributed by atoms with E-state index in [0.29, 0.717) is 11.6 Å². The van der Waals surface area contributed by atoms with Crippen molar-refractivity contribution in [1.29, 1.82) is 0 Å². The third-order valence-electron chi connectivity index (χ3n) is 3.63. The zero-order chi connectivity index (χ0) is 20.0. The van der Waals surface area contributed by atoms with Gasteiger partial charge >= 0.3 is 6.18 Å². The van der Waals surface area contributed by atoms with Gasteiger partial charge in [-0.1, -0.05) is 18.2 Å². The lowest BCUT2D eigenvalue weighted by Gasteiger charge is -2.16. The minimum absolute atomic E-state index is 0.0709. The number of benzene rings is 2. The summed E-state index contributed by atoms with van der Waals surface area (Å²) in [7, 11) is 1.43. The Balaban J connectivity index is 2.03. The number of non-ortho nitro benzene ring substituents is 1. The van der Waals surface area contributed by atoms with Crippen molar-refractivity contribution < 1.29 is 22.5 Å². The molecule has 0 bridgehead atoms. The Labute approximate surface area is 152 Å². The van der Waals surface area contributed by atoms with Crippen LogP contribution < -0.4 is 10.6 Å². The smallest absolute Gasteiger partial charge is 0.352 e. The van der Waals surface area contributed by atoms with E-state index in [9.17, 15) is 27.7 Å². The molecule has 0 aliphatic heterocycles. The number of hydrogen-bond acceptors (Lipinski definition) is 3. The third kappa shape index (κ3) is 5.66. The van der Waals surface area contributed by atoms with Gasteiger partial charge in [0.2, 0.25) is 0 Å². The van der Waals surface area contributed by atoms with E-state index in [1.54, 1.807) is 6.07 Å². The normalized spacial score (nSPS) is 12.0. The molecule has 0 amide bonds. The highest BCUT2D eigenvalue weighted by molar-refractivity contribution is 5.79. The van der Waals surface area contributed by atoms with Gasteiger partial charge in [0.1, 0.15) is 5.82 Å². The number of nitrogens with one attached hydrogen (secondary N) is 2. The molecule has 0 saturated carbocycles. The topological polar surface area (TPSA) is 79.6 Å². The van der Waals surface area contributed by atoms with E-state index in [-0.39, 0.29) is 30.3 Å². The molecule has 0 fully saturated rings. The number of alkyl halides is 3. The van der Waals surface area contributed by atoms with E-state index in [1.807, 2.05) is 0 Å². The minimum Gasteiger partial charge on any atom is -0.352 e. The van der Waals surface area contributed by atoms with Crippen molar-refractivity contribution in [2.45, 2.75) is 19.3 Å². The predicted octanol–water partition coefficient (Wildman–Crippen LogP) is 3.62. The first-order chi connectivity index (χ1) is 12.7. The molecule has 0 aliphatic carbocycles. The largest absolute Gasteiger partial charge is 0.416 e. The van der Waals surface area contributed by atoms with Crippen LogP contribution in [0.15, 0.2) is 47.5 Å². The van der Waals surface area contributed by atoms with Crippen LogP contribution in [0.1, 0.15) is 16.7 Å². The number of nitro groups is 1. The summed E-state index contributed by atoms with van der Waals surface area (Å²) in [4.78, 5) is 14.1. The van der Waals surface area contributed by atoms with Crippen LogP contribution in [0.3, 0.4) is 0 Å². The predicted molar refractivity (Wildman–Crippen MR) is 91.5 cm³/mol. The number of nitrogens with zero attached hydrogens (tertiary/aromatic N) is 2. The van der Waals surface area contributed by atoms with Crippen LogP contribution in [0.25, 0.3) is 0 Å². The second-order valence-corrected chi connectivity index (χ2v) is 5.51. The number of nitro benzene ring substituents is 1. The highest BCUT2D eigenvalue weighted by Crippen LogP contribution is 2.32. The van der Waals surface area contributed by atoms with Crippen molar-refractivity contribution in [3.05, 3.63) is 75.1 Å². The highest BCUT2D eigenvalue weighted by atomic mass is 19.4. The lowest BCUT2D eigenvalue weighted by Crippen LogP contribution is -2.36. The molecule has 0 unspecified atom stereocenters. The first-order valence-electron chi connectivity index (χ1n) is 7.74. The van der Waals surface area contributed by atoms with E-state index in [4.69, 9.17) is 0 Å². The molecule has 2 aromatic carbocycles. The lowest BCUT2D eigenvalue weighted by molar-refractivity contribution is -0.384. The fourth-order valence-corrected chi connectivity index (χ4v) is 2.33. The fourth-order valence-electron chi connectivity index (χ4n) is 2.33. The molecule has 0 aliphatic rings. The first-order valence-corrected chi connectivity index (χ1v) is 7.74. The number of rotatable bonds is 5. The van der Waals surface area contributed by atoms with Crippen LogP contribution in [0, 0.1) is 15.9 Å². The Kier molecular flexibility index (Phi) is 6.32. The van der Waals surface area contributed by atoms with Crippen LogP contribution in [0.4, 0.5) is 23.2 Å². The Bertz CT molecular complexity index is 853.